The van der Waals surface area contributed by atoms with E-state index in [2.05, 4.69) is 6.07 Å². The van der Waals surface area contributed by atoms with Gasteiger partial charge in [-0.25, -0.2) is 18.5 Å². The van der Waals surface area contributed by atoms with Gasteiger partial charge in [-0.3, -0.25) is 19.0 Å². The Morgan fingerprint density at radius 1 is 1.00 bits per heavy atom. The number of carbonyl (C=O) groups excluding carboxylic acids is 3. The summed E-state index contributed by atoms with van der Waals surface area (Å²) in [5.74, 6) is -1.91. The SMILES string of the molecule is COC(=O)C(C)n1c(=O)c(-c2cccc(F)c2Cl)cn(CC(=O)N2CCC(N3CCc4ccccc4CC3=O)CC2)c1=O. The quantitative estimate of drug-likeness (QED) is 0.397. The summed E-state index contributed by atoms with van der Waals surface area (Å²) in [7, 11) is 1.13. The van der Waals surface area contributed by atoms with Crippen LogP contribution >= 0.6 is 11.6 Å². The van der Waals surface area contributed by atoms with Gasteiger partial charge in [0.25, 0.3) is 5.56 Å². The van der Waals surface area contributed by atoms with Crippen LogP contribution in [0.25, 0.3) is 11.1 Å². The number of hydrogen-bond donors (Lipinski definition) is 0. The van der Waals surface area contributed by atoms with Gasteiger partial charge >= 0.3 is 11.7 Å². The molecule has 0 saturated carbocycles. The number of piperidine rings is 1. The number of aromatic nitrogens is 2. The van der Waals surface area contributed by atoms with E-state index in [0.717, 1.165) is 29.7 Å². The molecule has 1 aromatic heterocycles. The fraction of sp³-hybridized carbons (Fsp3) is 0.387. The lowest BCUT2D eigenvalue weighted by Gasteiger charge is -2.38. The summed E-state index contributed by atoms with van der Waals surface area (Å²) in [6.07, 6.45) is 3.48. The second-order valence-corrected chi connectivity index (χ2v) is 11.2. The lowest BCUT2D eigenvalue weighted by molar-refractivity contribution is -0.144. The van der Waals surface area contributed by atoms with Crippen LogP contribution in [0.2, 0.25) is 5.02 Å². The zero-order valence-electron chi connectivity index (χ0n) is 23.9. The molecule has 2 aliphatic heterocycles. The molecule has 10 nitrogen and oxygen atoms in total. The molecule has 1 atom stereocenters. The van der Waals surface area contributed by atoms with Crippen LogP contribution in [0.15, 0.2) is 58.3 Å². The van der Waals surface area contributed by atoms with Crippen molar-refractivity contribution in [2.75, 3.05) is 26.7 Å². The van der Waals surface area contributed by atoms with Gasteiger partial charge in [0.05, 0.1) is 24.1 Å². The molecule has 12 heteroatoms. The maximum atomic E-state index is 14.3. The first-order valence-corrected chi connectivity index (χ1v) is 14.5. The second kappa shape index (κ2) is 12.5. The van der Waals surface area contributed by atoms with E-state index in [0.29, 0.717) is 43.5 Å². The van der Waals surface area contributed by atoms with Crippen molar-refractivity contribution in [3.8, 4) is 11.1 Å². The van der Waals surface area contributed by atoms with E-state index in [1.807, 2.05) is 23.1 Å². The molecule has 0 N–H and O–H groups in total. The molecule has 1 fully saturated rings. The number of benzene rings is 2. The van der Waals surface area contributed by atoms with Crippen molar-refractivity contribution in [1.29, 1.82) is 0 Å². The van der Waals surface area contributed by atoms with Gasteiger partial charge in [0.15, 0.2) is 0 Å². The normalized spacial score (nSPS) is 16.4. The van der Waals surface area contributed by atoms with Crippen LogP contribution in [0.1, 0.15) is 36.9 Å². The van der Waals surface area contributed by atoms with E-state index < -0.39 is 35.6 Å². The number of fused-ring (bicyclic) bond motifs is 1. The highest BCUT2D eigenvalue weighted by atomic mass is 35.5. The third-order valence-electron chi connectivity index (χ3n) is 8.32. The molecule has 1 saturated heterocycles. The molecule has 0 radical (unpaired) electrons. The van der Waals surface area contributed by atoms with Crippen LogP contribution in [0, 0.1) is 5.82 Å². The Morgan fingerprint density at radius 2 is 1.70 bits per heavy atom. The highest BCUT2D eigenvalue weighted by molar-refractivity contribution is 6.33. The highest BCUT2D eigenvalue weighted by Crippen LogP contribution is 2.28. The number of esters is 1. The molecule has 0 bridgehead atoms. The summed E-state index contributed by atoms with van der Waals surface area (Å²) >= 11 is 6.16. The molecule has 0 aliphatic carbocycles. The van der Waals surface area contributed by atoms with E-state index in [1.165, 1.54) is 30.8 Å². The molecule has 3 heterocycles. The number of methoxy groups -OCH3 is 1. The number of carbonyl (C=O) groups is 3. The van der Waals surface area contributed by atoms with Crippen molar-refractivity contribution < 1.29 is 23.5 Å². The van der Waals surface area contributed by atoms with Crippen molar-refractivity contribution in [3.05, 3.63) is 91.5 Å². The van der Waals surface area contributed by atoms with Gasteiger partial charge in [-0.15, -0.1) is 0 Å². The lowest BCUT2D eigenvalue weighted by Crippen LogP contribution is -2.51. The van der Waals surface area contributed by atoms with Crippen molar-refractivity contribution in [1.82, 2.24) is 18.9 Å². The summed E-state index contributed by atoms with van der Waals surface area (Å²) < 4.78 is 20.7. The Labute approximate surface area is 252 Å². The van der Waals surface area contributed by atoms with Crippen molar-refractivity contribution >= 4 is 29.4 Å². The van der Waals surface area contributed by atoms with Crippen molar-refractivity contribution in [2.45, 2.75) is 51.2 Å². The fourth-order valence-electron chi connectivity index (χ4n) is 5.91. The summed E-state index contributed by atoms with van der Waals surface area (Å²) in [5.41, 5.74) is 0.338. The predicted octanol–water partition coefficient (Wildman–Crippen LogP) is 2.82. The molecule has 0 spiro atoms. The molecule has 2 aromatic carbocycles. The van der Waals surface area contributed by atoms with Gasteiger partial charge in [-0.1, -0.05) is 48.0 Å². The minimum absolute atomic E-state index is 0.00174. The molecule has 2 amide bonds. The monoisotopic (exact) mass is 610 g/mol. The Kier molecular flexibility index (Phi) is 8.82. The van der Waals surface area contributed by atoms with Gasteiger partial charge in [0.2, 0.25) is 11.8 Å². The minimum atomic E-state index is -1.31. The van der Waals surface area contributed by atoms with Gasteiger partial charge in [0.1, 0.15) is 18.4 Å². The van der Waals surface area contributed by atoms with Crippen molar-refractivity contribution in [2.24, 2.45) is 0 Å². The van der Waals surface area contributed by atoms with Gasteiger partial charge < -0.3 is 14.5 Å². The molecule has 3 aromatic rings. The summed E-state index contributed by atoms with van der Waals surface area (Å²) in [4.78, 5) is 69.2. The Morgan fingerprint density at radius 3 is 2.40 bits per heavy atom. The van der Waals surface area contributed by atoms with Crippen LogP contribution in [0.3, 0.4) is 0 Å². The van der Waals surface area contributed by atoms with Crippen LogP contribution in [-0.2, 0) is 38.5 Å². The third kappa shape index (κ3) is 5.99. The molecule has 43 heavy (non-hydrogen) atoms. The zero-order chi connectivity index (χ0) is 30.8. The number of halogens is 2. The number of nitrogens with zero attached hydrogens (tertiary/aromatic N) is 4. The third-order valence-corrected chi connectivity index (χ3v) is 8.71. The largest absolute Gasteiger partial charge is 0.467 e. The maximum absolute atomic E-state index is 14.3. The van der Waals surface area contributed by atoms with E-state index in [1.54, 1.807) is 4.90 Å². The molecule has 2 aliphatic rings. The summed E-state index contributed by atoms with van der Waals surface area (Å²) in [5, 5.41) is -0.332. The average Bonchev–Trinajstić information content (AvgIpc) is 3.17. The number of hydrogen-bond acceptors (Lipinski definition) is 6. The molecular formula is C31H32ClFN4O6. The highest BCUT2D eigenvalue weighted by Gasteiger charge is 2.32. The average molecular weight is 611 g/mol. The first-order valence-electron chi connectivity index (χ1n) is 14.1. The first-order chi connectivity index (χ1) is 20.6. The molecule has 1 unspecified atom stereocenters. The standard InChI is InChI=1S/C31H32ClFN4O6/c1-19(30(41)43-2)37-29(40)24(23-8-5-9-25(33)28(23)32)17-35(31(37)42)18-27(39)34-13-11-22(12-14-34)36-15-10-20-6-3-4-7-21(20)16-26(36)38/h3-9,17,19,22H,10-16,18H2,1-2H3. The first kappa shape index (κ1) is 30.2. The molecule has 226 valence electrons. The van der Waals surface area contributed by atoms with E-state index >= 15 is 0 Å². The lowest BCUT2D eigenvalue weighted by atomic mass is 10.0. The molecule has 5 rings (SSSR count). The van der Waals surface area contributed by atoms with Gasteiger partial charge in [0, 0.05) is 37.4 Å². The van der Waals surface area contributed by atoms with Crippen LogP contribution < -0.4 is 11.2 Å². The predicted molar refractivity (Wildman–Crippen MR) is 157 cm³/mol. The summed E-state index contributed by atoms with van der Waals surface area (Å²) in [6, 6.07) is 10.6. The number of amides is 2. The number of likely N-dealkylation sites (tertiary alicyclic amines) is 1. The topological polar surface area (TPSA) is 111 Å². The van der Waals surface area contributed by atoms with Crippen molar-refractivity contribution in [3.63, 3.8) is 0 Å². The Bertz CT molecular complexity index is 1690. The Hall–Kier alpha value is -4.25. The van der Waals surface area contributed by atoms with E-state index in [9.17, 15) is 28.4 Å². The van der Waals surface area contributed by atoms with E-state index in [4.69, 9.17) is 16.3 Å². The molecular weight excluding hydrogens is 579 g/mol. The van der Waals surface area contributed by atoms with Crippen LogP contribution in [-0.4, -0.2) is 69.5 Å². The number of ether oxygens (including phenoxy) is 1. The fourth-order valence-corrected chi connectivity index (χ4v) is 6.14. The van der Waals surface area contributed by atoms with Gasteiger partial charge in [-0.2, -0.15) is 0 Å². The van der Waals surface area contributed by atoms with Gasteiger partial charge in [-0.05, 0) is 43.4 Å². The Balaban J connectivity index is 1.36. The number of rotatable bonds is 6. The van der Waals surface area contributed by atoms with E-state index in [-0.39, 0.29) is 34.0 Å². The zero-order valence-corrected chi connectivity index (χ0v) is 24.7. The van der Waals surface area contributed by atoms with Crippen LogP contribution in [0.4, 0.5) is 4.39 Å². The minimum Gasteiger partial charge on any atom is -0.467 e. The smallest absolute Gasteiger partial charge is 0.332 e. The maximum Gasteiger partial charge on any atom is 0.332 e. The summed E-state index contributed by atoms with van der Waals surface area (Å²) in [6.45, 7) is 2.29. The van der Waals surface area contributed by atoms with Crippen LogP contribution in [0.5, 0.6) is 0 Å². The second-order valence-electron chi connectivity index (χ2n) is 10.8.